The van der Waals surface area contributed by atoms with Gasteiger partial charge in [-0.25, -0.2) is 9.97 Å². The van der Waals surface area contributed by atoms with Crippen LogP contribution in [0.25, 0.3) is 0 Å². The maximum absolute atomic E-state index is 5.97. The molecular weight excluding hydrogens is 278 g/mol. The van der Waals surface area contributed by atoms with Crippen LogP contribution < -0.4 is 14.8 Å². The van der Waals surface area contributed by atoms with Crippen molar-refractivity contribution in [2.45, 2.75) is 13.3 Å². The molecule has 1 aromatic carbocycles. The molecule has 0 spiro atoms. The van der Waals surface area contributed by atoms with Crippen LogP contribution in [0.4, 0.5) is 11.5 Å². The summed E-state index contributed by atoms with van der Waals surface area (Å²) < 4.78 is 10.5. The summed E-state index contributed by atoms with van der Waals surface area (Å²) in [6.45, 7) is 1.98. The molecule has 0 bridgehead atoms. The first-order valence-electron chi connectivity index (χ1n) is 6.18. The zero-order chi connectivity index (χ0) is 14.5. The van der Waals surface area contributed by atoms with Gasteiger partial charge in [0, 0.05) is 18.6 Å². The molecule has 1 heterocycles. The molecule has 5 nitrogen and oxygen atoms in total. The smallest absolute Gasteiger partial charge is 0.146 e. The molecule has 0 aliphatic rings. The average Bonchev–Trinajstić information content (AvgIpc) is 2.47. The van der Waals surface area contributed by atoms with Crippen LogP contribution >= 0.6 is 11.6 Å². The van der Waals surface area contributed by atoms with Crippen molar-refractivity contribution in [3.63, 3.8) is 0 Å². The number of benzene rings is 1. The van der Waals surface area contributed by atoms with Gasteiger partial charge in [0.2, 0.25) is 0 Å². The molecule has 0 aliphatic carbocycles. The minimum Gasteiger partial charge on any atom is -0.497 e. The second-order valence-electron chi connectivity index (χ2n) is 4.04. The van der Waals surface area contributed by atoms with Crippen LogP contribution in [0.5, 0.6) is 11.5 Å². The highest BCUT2D eigenvalue weighted by Crippen LogP contribution is 2.31. The largest absolute Gasteiger partial charge is 0.497 e. The Kier molecular flexibility index (Phi) is 4.63. The van der Waals surface area contributed by atoms with Crippen molar-refractivity contribution in [1.29, 1.82) is 0 Å². The Morgan fingerprint density at radius 2 is 1.95 bits per heavy atom. The quantitative estimate of drug-likeness (QED) is 0.856. The Morgan fingerprint density at radius 1 is 1.15 bits per heavy atom. The van der Waals surface area contributed by atoms with E-state index >= 15 is 0 Å². The number of ether oxygens (including phenoxy) is 2. The van der Waals surface area contributed by atoms with Crippen molar-refractivity contribution >= 4 is 23.1 Å². The SMILES string of the molecule is CCc1nc(Cl)cc(Nc2ccc(OC)cc2OC)n1. The summed E-state index contributed by atoms with van der Waals surface area (Å²) in [6, 6.07) is 7.17. The number of nitrogens with zero attached hydrogens (tertiary/aromatic N) is 2. The minimum atomic E-state index is 0.409. The molecule has 20 heavy (non-hydrogen) atoms. The van der Waals surface area contributed by atoms with E-state index in [9.17, 15) is 0 Å². The number of anilines is 2. The van der Waals surface area contributed by atoms with Crippen LogP contribution in [0.15, 0.2) is 24.3 Å². The Bertz CT molecular complexity index is 605. The fourth-order valence-electron chi connectivity index (χ4n) is 1.73. The van der Waals surface area contributed by atoms with E-state index in [1.807, 2.05) is 19.1 Å². The first-order valence-corrected chi connectivity index (χ1v) is 6.56. The summed E-state index contributed by atoms with van der Waals surface area (Å²) in [5.74, 6) is 2.71. The summed E-state index contributed by atoms with van der Waals surface area (Å²) in [5, 5.41) is 3.58. The van der Waals surface area contributed by atoms with Crippen molar-refractivity contribution < 1.29 is 9.47 Å². The topological polar surface area (TPSA) is 56.3 Å². The predicted octanol–water partition coefficient (Wildman–Crippen LogP) is 3.45. The lowest BCUT2D eigenvalue weighted by molar-refractivity contribution is 0.395. The molecule has 1 aromatic heterocycles. The molecule has 0 saturated carbocycles. The molecule has 1 N–H and O–H groups in total. The Morgan fingerprint density at radius 3 is 2.60 bits per heavy atom. The Hall–Kier alpha value is -2.01. The van der Waals surface area contributed by atoms with Gasteiger partial charge in [0.15, 0.2) is 0 Å². The lowest BCUT2D eigenvalue weighted by Gasteiger charge is -2.12. The first-order chi connectivity index (χ1) is 9.66. The maximum atomic E-state index is 5.97. The molecule has 6 heteroatoms. The van der Waals surface area contributed by atoms with E-state index < -0.39 is 0 Å². The number of rotatable bonds is 5. The van der Waals surface area contributed by atoms with Gasteiger partial charge in [-0.05, 0) is 12.1 Å². The van der Waals surface area contributed by atoms with E-state index in [-0.39, 0.29) is 0 Å². The fourth-order valence-corrected chi connectivity index (χ4v) is 1.93. The number of aromatic nitrogens is 2. The second-order valence-corrected chi connectivity index (χ2v) is 4.42. The van der Waals surface area contributed by atoms with Gasteiger partial charge in [-0.3, -0.25) is 0 Å². The van der Waals surface area contributed by atoms with E-state index in [2.05, 4.69) is 15.3 Å². The van der Waals surface area contributed by atoms with Gasteiger partial charge in [0.1, 0.15) is 28.3 Å². The van der Waals surface area contributed by atoms with E-state index in [0.717, 1.165) is 17.9 Å². The summed E-state index contributed by atoms with van der Waals surface area (Å²) in [4.78, 5) is 8.50. The van der Waals surface area contributed by atoms with Crippen molar-refractivity contribution in [3.8, 4) is 11.5 Å². The third-order valence-corrected chi connectivity index (χ3v) is 2.92. The molecule has 0 atom stereocenters. The molecule has 2 aromatic rings. The molecule has 106 valence electrons. The van der Waals surface area contributed by atoms with Gasteiger partial charge in [0.05, 0.1) is 19.9 Å². The molecule has 0 radical (unpaired) electrons. The second kappa shape index (κ2) is 6.43. The summed E-state index contributed by atoms with van der Waals surface area (Å²) in [7, 11) is 3.21. The highest BCUT2D eigenvalue weighted by molar-refractivity contribution is 6.29. The van der Waals surface area contributed by atoms with Crippen molar-refractivity contribution in [3.05, 3.63) is 35.2 Å². The number of hydrogen-bond donors (Lipinski definition) is 1. The van der Waals surface area contributed by atoms with Gasteiger partial charge in [-0.1, -0.05) is 18.5 Å². The fraction of sp³-hybridized carbons (Fsp3) is 0.286. The number of nitrogens with one attached hydrogen (secondary N) is 1. The van der Waals surface area contributed by atoms with Crippen LogP contribution in [-0.2, 0) is 6.42 Å². The van der Waals surface area contributed by atoms with E-state index in [1.165, 1.54) is 0 Å². The van der Waals surface area contributed by atoms with Crippen LogP contribution in [0, 0.1) is 0 Å². The third-order valence-electron chi connectivity index (χ3n) is 2.73. The van der Waals surface area contributed by atoms with Crippen LogP contribution in [-0.4, -0.2) is 24.2 Å². The third kappa shape index (κ3) is 3.30. The zero-order valence-electron chi connectivity index (χ0n) is 11.6. The summed E-state index contributed by atoms with van der Waals surface area (Å²) in [6.07, 6.45) is 0.717. The highest BCUT2D eigenvalue weighted by Gasteiger charge is 2.08. The van der Waals surface area contributed by atoms with Gasteiger partial charge >= 0.3 is 0 Å². The average molecular weight is 294 g/mol. The van der Waals surface area contributed by atoms with Crippen LogP contribution in [0.3, 0.4) is 0 Å². The molecule has 0 fully saturated rings. The lowest BCUT2D eigenvalue weighted by Crippen LogP contribution is -2.01. The molecule has 2 rings (SSSR count). The highest BCUT2D eigenvalue weighted by atomic mass is 35.5. The van der Waals surface area contributed by atoms with Crippen LogP contribution in [0.2, 0.25) is 5.15 Å². The first kappa shape index (κ1) is 14.4. The zero-order valence-corrected chi connectivity index (χ0v) is 12.4. The van der Waals surface area contributed by atoms with Gasteiger partial charge in [-0.15, -0.1) is 0 Å². The number of hydrogen-bond acceptors (Lipinski definition) is 5. The Labute approximate surface area is 122 Å². The maximum Gasteiger partial charge on any atom is 0.146 e. The summed E-state index contributed by atoms with van der Waals surface area (Å²) >= 11 is 5.97. The van der Waals surface area contributed by atoms with Crippen LogP contribution in [0.1, 0.15) is 12.7 Å². The van der Waals surface area contributed by atoms with Crippen molar-refractivity contribution in [2.24, 2.45) is 0 Å². The van der Waals surface area contributed by atoms with E-state index in [4.69, 9.17) is 21.1 Å². The molecule has 0 saturated heterocycles. The molecular formula is C14H16ClN3O2. The van der Waals surface area contributed by atoms with Crippen molar-refractivity contribution in [1.82, 2.24) is 9.97 Å². The van der Waals surface area contributed by atoms with Gasteiger partial charge in [-0.2, -0.15) is 0 Å². The molecule has 0 unspecified atom stereocenters. The minimum absolute atomic E-state index is 0.409. The van der Waals surface area contributed by atoms with Gasteiger partial charge in [0.25, 0.3) is 0 Å². The molecule has 0 amide bonds. The molecule has 0 aliphatic heterocycles. The number of halogens is 1. The number of methoxy groups -OCH3 is 2. The normalized spacial score (nSPS) is 10.2. The Balaban J connectivity index is 2.31. The lowest BCUT2D eigenvalue weighted by atomic mass is 10.2. The predicted molar refractivity (Wildman–Crippen MR) is 79.2 cm³/mol. The van der Waals surface area contributed by atoms with Gasteiger partial charge < -0.3 is 14.8 Å². The van der Waals surface area contributed by atoms with E-state index in [1.54, 1.807) is 26.4 Å². The summed E-state index contributed by atoms with van der Waals surface area (Å²) in [5.41, 5.74) is 0.783. The monoisotopic (exact) mass is 293 g/mol. The van der Waals surface area contributed by atoms with Crippen molar-refractivity contribution in [2.75, 3.05) is 19.5 Å². The standard InChI is InChI=1S/C14H16ClN3O2/c1-4-13-17-12(15)8-14(18-13)16-10-6-5-9(19-2)7-11(10)20-3/h5-8H,4H2,1-3H3,(H,16,17,18). The number of aryl methyl sites for hydroxylation is 1. The van der Waals surface area contributed by atoms with E-state index in [0.29, 0.717) is 22.5 Å².